The molecule has 1 aliphatic carbocycles. The van der Waals surface area contributed by atoms with E-state index in [0.29, 0.717) is 22.8 Å². The smallest absolute Gasteiger partial charge is 0.261 e. The number of nitrogens with one attached hydrogen (secondary N) is 3. The van der Waals surface area contributed by atoms with Gasteiger partial charge in [-0.05, 0) is 82.9 Å². The third kappa shape index (κ3) is 4.29. The first-order chi connectivity index (χ1) is 17.5. The van der Waals surface area contributed by atoms with Gasteiger partial charge in [-0.3, -0.25) is 9.52 Å². The topological polar surface area (TPSA) is 148 Å². The number of aromatic nitrogens is 6. The number of sulfonamides is 1. The molecule has 36 heavy (non-hydrogen) atoms. The van der Waals surface area contributed by atoms with E-state index in [0.717, 1.165) is 29.4 Å². The van der Waals surface area contributed by atoms with E-state index in [1.165, 1.54) is 23.1 Å². The second kappa shape index (κ2) is 8.57. The van der Waals surface area contributed by atoms with Gasteiger partial charge in [0, 0.05) is 23.2 Å². The second-order valence-corrected chi connectivity index (χ2v) is 10.2. The normalized spacial score (nSPS) is 13.6. The van der Waals surface area contributed by atoms with Gasteiger partial charge in [0.15, 0.2) is 0 Å². The van der Waals surface area contributed by atoms with E-state index in [1.54, 1.807) is 30.5 Å². The number of hydrogen-bond donors (Lipinski definition) is 3. The van der Waals surface area contributed by atoms with Gasteiger partial charge in [-0.25, -0.2) is 18.1 Å². The standard InChI is InChI=1S/C24H20N8O3S/c33-24(16-1-2-16)28-22-13-21(20-11-12-25-23(20)27-22)15-3-5-17(6-4-15)29-36(34,35)19-9-7-18(8-10-19)32-14-26-30-31-32/h3-14,16,29H,1-2H2,(H2,25,27,28,33). The van der Waals surface area contributed by atoms with E-state index >= 15 is 0 Å². The lowest BCUT2D eigenvalue weighted by Gasteiger charge is -2.11. The molecule has 0 saturated heterocycles. The van der Waals surface area contributed by atoms with E-state index < -0.39 is 10.0 Å². The highest BCUT2D eigenvalue weighted by Crippen LogP contribution is 2.33. The van der Waals surface area contributed by atoms with Crippen molar-refractivity contribution in [3.63, 3.8) is 0 Å². The molecular formula is C24H20N8O3S. The maximum absolute atomic E-state index is 12.9. The summed E-state index contributed by atoms with van der Waals surface area (Å²) in [4.78, 5) is 19.9. The molecule has 5 aromatic rings. The third-order valence-corrected chi connectivity index (χ3v) is 7.33. The van der Waals surface area contributed by atoms with Crippen LogP contribution in [-0.2, 0) is 14.8 Å². The summed E-state index contributed by atoms with van der Waals surface area (Å²) < 4.78 is 29.8. The Bertz CT molecular complexity index is 1660. The van der Waals surface area contributed by atoms with Crippen molar-refractivity contribution in [2.45, 2.75) is 17.7 Å². The van der Waals surface area contributed by atoms with Crippen molar-refractivity contribution in [3.8, 4) is 16.8 Å². The highest BCUT2D eigenvalue weighted by molar-refractivity contribution is 7.92. The van der Waals surface area contributed by atoms with Crippen molar-refractivity contribution in [1.82, 2.24) is 30.2 Å². The summed E-state index contributed by atoms with van der Waals surface area (Å²) in [6.07, 6.45) is 5.03. The quantitative estimate of drug-likeness (QED) is 0.310. The number of pyridine rings is 1. The van der Waals surface area contributed by atoms with Crippen molar-refractivity contribution in [2.75, 3.05) is 10.0 Å². The number of H-pyrrole nitrogens is 1. The van der Waals surface area contributed by atoms with Crippen molar-refractivity contribution in [2.24, 2.45) is 5.92 Å². The molecule has 3 heterocycles. The van der Waals surface area contributed by atoms with Crippen molar-refractivity contribution < 1.29 is 13.2 Å². The number of aromatic amines is 1. The second-order valence-electron chi connectivity index (χ2n) is 8.49. The van der Waals surface area contributed by atoms with Gasteiger partial charge in [0.1, 0.15) is 17.8 Å². The van der Waals surface area contributed by atoms with Crippen LogP contribution in [0.15, 0.2) is 78.1 Å². The Morgan fingerprint density at radius 1 is 1.03 bits per heavy atom. The minimum Gasteiger partial charge on any atom is -0.346 e. The summed E-state index contributed by atoms with van der Waals surface area (Å²) in [6.45, 7) is 0. The van der Waals surface area contributed by atoms with Crippen LogP contribution in [-0.4, -0.2) is 44.5 Å². The maximum atomic E-state index is 12.9. The molecule has 1 saturated carbocycles. The van der Waals surface area contributed by atoms with E-state index in [-0.39, 0.29) is 16.7 Å². The fourth-order valence-electron chi connectivity index (χ4n) is 3.90. The van der Waals surface area contributed by atoms with Crippen LogP contribution in [0.4, 0.5) is 11.5 Å². The minimum atomic E-state index is -3.80. The van der Waals surface area contributed by atoms with Crippen LogP contribution < -0.4 is 10.0 Å². The Kier molecular flexibility index (Phi) is 5.22. The summed E-state index contributed by atoms with van der Waals surface area (Å²) in [6, 6.07) is 17.0. The lowest BCUT2D eigenvalue weighted by molar-refractivity contribution is -0.117. The lowest BCUT2D eigenvalue weighted by Crippen LogP contribution is -2.14. The number of hydrogen-bond acceptors (Lipinski definition) is 7. The number of benzene rings is 2. The van der Waals surface area contributed by atoms with Crippen LogP contribution in [0.1, 0.15) is 12.8 Å². The summed E-state index contributed by atoms with van der Waals surface area (Å²) in [5.41, 5.74) is 3.46. The number of carbonyl (C=O) groups excluding carboxylic acids is 1. The van der Waals surface area contributed by atoms with Gasteiger partial charge in [0.25, 0.3) is 10.0 Å². The van der Waals surface area contributed by atoms with E-state index in [9.17, 15) is 13.2 Å². The molecule has 0 aliphatic heterocycles. The zero-order valence-corrected chi connectivity index (χ0v) is 19.6. The van der Waals surface area contributed by atoms with Gasteiger partial charge < -0.3 is 10.3 Å². The molecule has 0 bridgehead atoms. The van der Waals surface area contributed by atoms with E-state index in [4.69, 9.17) is 0 Å². The number of rotatable bonds is 7. The van der Waals surface area contributed by atoms with Crippen LogP contribution >= 0.6 is 0 Å². The van der Waals surface area contributed by atoms with Gasteiger partial charge in [-0.2, -0.15) is 0 Å². The van der Waals surface area contributed by atoms with Crippen LogP contribution in [0.2, 0.25) is 0 Å². The van der Waals surface area contributed by atoms with Crippen molar-refractivity contribution in [3.05, 3.63) is 73.2 Å². The first-order valence-electron chi connectivity index (χ1n) is 11.2. The third-order valence-electron chi connectivity index (χ3n) is 5.94. The number of nitrogens with zero attached hydrogens (tertiary/aromatic N) is 5. The predicted molar refractivity (Wildman–Crippen MR) is 133 cm³/mol. The Hall–Kier alpha value is -4.58. The fraction of sp³-hybridized carbons (Fsp3) is 0.125. The summed E-state index contributed by atoms with van der Waals surface area (Å²) in [5, 5.41) is 14.7. The molecule has 0 atom stereocenters. The molecule has 2 aromatic carbocycles. The Labute approximate surface area is 205 Å². The molecule has 11 nitrogen and oxygen atoms in total. The largest absolute Gasteiger partial charge is 0.346 e. The summed E-state index contributed by atoms with van der Waals surface area (Å²) in [7, 11) is -3.80. The Balaban J connectivity index is 1.24. The van der Waals surface area contributed by atoms with E-state index in [1.807, 2.05) is 24.3 Å². The van der Waals surface area contributed by atoms with Crippen LogP contribution in [0.3, 0.4) is 0 Å². The van der Waals surface area contributed by atoms with Crippen LogP contribution in [0, 0.1) is 5.92 Å². The van der Waals surface area contributed by atoms with Crippen LogP contribution in [0.25, 0.3) is 27.8 Å². The zero-order chi connectivity index (χ0) is 24.7. The Morgan fingerprint density at radius 3 is 2.50 bits per heavy atom. The van der Waals surface area contributed by atoms with Crippen LogP contribution in [0.5, 0.6) is 0 Å². The Morgan fingerprint density at radius 2 is 1.81 bits per heavy atom. The van der Waals surface area contributed by atoms with Gasteiger partial charge in [0.05, 0.1) is 10.6 Å². The highest BCUT2D eigenvalue weighted by Gasteiger charge is 2.30. The number of tetrazole rings is 1. The average Bonchev–Trinajstić information content (AvgIpc) is 3.38. The molecule has 0 radical (unpaired) electrons. The molecule has 3 N–H and O–H groups in total. The number of anilines is 2. The molecular weight excluding hydrogens is 480 g/mol. The minimum absolute atomic E-state index is 0.0184. The number of fused-ring (bicyclic) bond motifs is 1. The van der Waals surface area contributed by atoms with E-state index in [2.05, 4.69) is 35.5 Å². The average molecular weight is 501 g/mol. The monoisotopic (exact) mass is 500 g/mol. The number of amides is 1. The highest BCUT2D eigenvalue weighted by atomic mass is 32.2. The van der Waals surface area contributed by atoms with Gasteiger partial charge in [-0.15, -0.1) is 5.10 Å². The maximum Gasteiger partial charge on any atom is 0.261 e. The SMILES string of the molecule is O=C(Nc1cc(-c2ccc(NS(=O)(=O)c3ccc(-n4cnnn4)cc3)cc2)c2cc[nH]c2n1)C1CC1. The van der Waals surface area contributed by atoms with Gasteiger partial charge in [-0.1, -0.05) is 12.1 Å². The molecule has 0 spiro atoms. The zero-order valence-electron chi connectivity index (χ0n) is 18.8. The first kappa shape index (κ1) is 21.9. The predicted octanol–water partition coefficient (Wildman–Crippen LogP) is 3.35. The molecule has 3 aromatic heterocycles. The number of carbonyl (C=O) groups is 1. The van der Waals surface area contributed by atoms with Gasteiger partial charge in [0.2, 0.25) is 5.91 Å². The molecule has 1 aliphatic rings. The summed E-state index contributed by atoms with van der Waals surface area (Å²) in [5.74, 6) is 0.527. The molecule has 1 amide bonds. The molecule has 180 valence electrons. The molecule has 1 fully saturated rings. The fourth-order valence-corrected chi connectivity index (χ4v) is 4.96. The van der Waals surface area contributed by atoms with Crippen molar-refractivity contribution >= 4 is 38.5 Å². The summed E-state index contributed by atoms with van der Waals surface area (Å²) >= 11 is 0. The lowest BCUT2D eigenvalue weighted by atomic mass is 10.0. The van der Waals surface area contributed by atoms with Gasteiger partial charge >= 0.3 is 0 Å². The first-order valence-corrected chi connectivity index (χ1v) is 12.7. The van der Waals surface area contributed by atoms with Crippen molar-refractivity contribution in [1.29, 1.82) is 0 Å². The molecule has 12 heteroatoms. The molecule has 6 rings (SSSR count). The molecule has 0 unspecified atom stereocenters.